The van der Waals surface area contributed by atoms with Crippen LogP contribution < -0.4 is 0 Å². The zero-order valence-corrected chi connectivity index (χ0v) is 8.58. The van der Waals surface area contributed by atoms with E-state index in [0.29, 0.717) is 0 Å². The number of benzene rings is 2. The van der Waals surface area contributed by atoms with Crippen LogP contribution in [0.4, 0.5) is 13.2 Å². The van der Waals surface area contributed by atoms with E-state index >= 15 is 0 Å². The molecule has 0 amide bonds. The maximum atomic E-state index is 13.5. The Labute approximate surface area is 95.5 Å². The van der Waals surface area contributed by atoms with Gasteiger partial charge in [0.15, 0.2) is 6.29 Å². The minimum atomic E-state index is -0.763. The van der Waals surface area contributed by atoms with Gasteiger partial charge in [-0.3, -0.25) is 4.79 Å². The summed E-state index contributed by atoms with van der Waals surface area (Å²) in [6.45, 7) is 0. The van der Waals surface area contributed by atoms with E-state index < -0.39 is 17.5 Å². The summed E-state index contributed by atoms with van der Waals surface area (Å²) in [5.74, 6) is -2.12. The highest BCUT2D eigenvalue weighted by Gasteiger charge is 2.13. The van der Waals surface area contributed by atoms with Gasteiger partial charge < -0.3 is 0 Å². The summed E-state index contributed by atoms with van der Waals surface area (Å²) in [7, 11) is 0. The van der Waals surface area contributed by atoms with Crippen molar-refractivity contribution in [3.05, 3.63) is 59.4 Å². The van der Waals surface area contributed by atoms with Crippen molar-refractivity contribution in [2.24, 2.45) is 0 Å². The first-order valence-electron chi connectivity index (χ1n) is 4.82. The molecule has 0 aliphatic rings. The Hall–Kier alpha value is -2.10. The summed E-state index contributed by atoms with van der Waals surface area (Å²) in [5.41, 5.74) is -0.374. The summed E-state index contributed by atoms with van der Waals surface area (Å²) in [6.07, 6.45) is 0.287. The first-order valence-corrected chi connectivity index (χ1v) is 4.82. The van der Waals surface area contributed by atoms with Crippen LogP contribution in [-0.2, 0) is 0 Å². The van der Waals surface area contributed by atoms with Crippen LogP contribution in [0.3, 0.4) is 0 Å². The van der Waals surface area contributed by atoms with Crippen LogP contribution in [0.1, 0.15) is 10.4 Å². The largest absolute Gasteiger partial charge is 0.298 e. The van der Waals surface area contributed by atoms with E-state index in [1.165, 1.54) is 12.1 Å². The molecule has 0 aromatic heterocycles. The Balaban J connectivity index is 2.72. The summed E-state index contributed by atoms with van der Waals surface area (Å²) in [5, 5.41) is 0. The molecule has 0 radical (unpaired) electrons. The van der Waals surface area contributed by atoms with E-state index in [-0.39, 0.29) is 23.0 Å². The number of aldehydes is 1. The fraction of sp³-hybridized carbons (Fsp3) is 0. The SMILES string of the molecule is O=Cc1c(F)cccc1-c1cc(F)ccc1F. The normalized spacial score (nSPS) is 10.3. The van der Waals surface area contributed by atoms with E-state index in [2.05, 4.69) is 0 Å². The van der Waals surface area contributed by atoms with Crippen LogP contribution in [0.15, 0.2) is 36.4 Å². The highest BCUT2D eigenvalue weighted by molar-refractivity contribution is 5.88. The van der Waals surface area contributed by atoms with Gasteiger partial charge >= 0.3 is 0 Å². The number of hydrogen-bond donors (Lipinski definition) is 0. The van der Waals surface area contributed by atoms with Crippen molar-refractivity contribution in [2.75, 3.05) is 0 Å². The van der Waals surface area contributed by atoms with E-state index in [4.69, 9.17) is 0 Å². The number of carbonyl (C=O) groups is 1. The lowest BCUT2D eigenvalue weighted by Gasteiger charge is -2.07. The fourth-order valence-corrected chi connectivity index (χ4v) is 1.60. The average molecular weight is 236 g/mol. The molecule has 2 aromatic carbocycles. The number of hydrogen-bond acceptors (Lipinski definition) is 1. The highest BCUT2D eigenvalue weighted by Crippen LogP contribution is 2.27. The number of rotatable bonds is 2. The van der Waals surface area contributed by atoms with Crippen molar-refractivity contribution in [1.82, 2.24) is 0 Å². The minimum Gasteiger partial charge on any atom is -0.298 e. The zero-order valence-electron chi connectivity index (χ0n) is 8.58. The van der Waals surface area contributed by atoms with Crippen LogP contribution in [0.5, 0.6) is 0 Å². The second-order valence-corrected chi connectivity index (χ2v) is 3.44. The standard InChI is InChI=1S/C13H7F3O/c14-8-4-5-13(16)10(6-8)9-2-1-3-12(15)11(9)7-17/h1-7H. The van der Waals surface area contributed by atoms with Gasteiger partial charge in [0.2, 0.25) is 0 Å². The van der Waals surface area contributed by atoms with Gasteiger partial charge in [-0.1, -0.05) is 12.1 Å². The van der Waals surface area contributed by atoms with Gasteiger partial charge in [0, 0.05) is 5.56 Å². The second kappa shape index (κ2) is 4.41. The fourth-order valence-electron chi connectivity index (χ4n) is 1.60. The topological polar surface area (TPSA) is 17.1 Å². The molecule has 0 bridgehead atoms. The number of carbonyl (C=O) groups excluding carboxylic acids is 1. The summed E-state index contributed by atoms with van der Waals surface area (Å²) in [6, 6.07) is 6.61. The van der Waals surface area contributed by atoms with Gasteiger partial charge in [-0.25, -0.2) is 13.2 Å². The lowest BCUT2D eigenvalue weighted by molar-refractivity contribution is 0.112. The van der Waals surface area contributed by atoms with Gasteiger partial charge in [-0.05, 0) is 29.8 Å². The van der Waals surface area contributed by atoms with Crippen molar-refractivity contribution in [3.8, 4) is 11.1 Å². The van der Waals surface area contributed by atoms with E-state index in [9.17, 15) is 18.0 Å². The Morgan fingerprint density at radius 1 is 0.882 bits per heavy atom. The van der Waals surface area contributed by atoms with Crippen LogP contribution >= 0.6 is 0 Å². The third-order valence-corrected chi connectivity index (χ3v) is 2.39. The molecular formula is C13H7F3O. The first kappa shape index (κ1) is 11.4. The van der Waals surface area contributed by atoms with Gasteiger partial charge in [-0.2, -0.15) is 0 Å². The van der Waals surface area contributed by atoms with Gasteiger partial charge in [0.05, 0.1) is 5.56 Å². The lowest BCUT2D eigenvalue weighted by Crippen LogP contribution is -1.95. The third kappa shape index (κ3) is 2.06. The van der Waals surface area contributed by atoms with Crippen LogP contribution in [0, 0.1) is 17.5 Å². The summed E-state index contributed by atoms with van der Waals surface area (Å²) in [4.78, 5) is 10.8. The van der Waals surface area contributed by atoms with Crippen molar-refractivity contribution in [2.45, 2.75) is 0 Å². The average Bonchev–Trinajstić information content (AvgIpc) is 2.32. The zero-order chi connectivity index (χ0) is 12.4. The molecule has 0 atom stereocenters. The van der Waals surface area contributed by atoms with Crippen molar-refractivity contribution in [1.29, 1.82) is 0 Å². The van der Waals surface area contributed by atoms with Gasteiger partial charge in [-0.15, -0.1) is 0 Å². The molecule has 2 aromatic rings. The monoisotopic (exact) mass is 236 g/mol. The predicted molar refractivity (Wildman–Crippen MR) is 57.1 cm³/mol. The molecule has 0 saturated carbocycles. The molecule has 0 heterocycles. The molecule has 17 heavy (non-hydrogen) atoms. The summed E-state index contributed by atoms with van der Waals surface area (Å²) < 4.78 is 39.8. The van der Waals surface area contributed by atoms with Crippen LogP contribution in [0.2, 0.25) is 0 Å². The van der Waals surface area contributed by atoms with Crippen molar-refractivity contribution >= 4 is 6.29 Å². The molecule has 0 aliphatic carbocycles. The Kier molecular flexibility index (Phi) is 2.95. The predicted octanol–water partition coefficient (Wildman–Crippen LogP) is 3.58. The van der Waals surface area contributed by atoms with Crippen molar-refractivity contribution < 1.29 is 18.0 Å². The second-order valence-electron chi connectivity index (χ2n) is 3.44. The Morgan fingerprint density at radius 3 is 2.35 bits per heavy atom. The quantitative estimate of drug-likeness (QED) is 0.728. The lowest BCUT2D eigenvalue weighted by atomic mass is 9.99. The molecule has 0 aliphatic heterocycles. The van der Waals surface area contributed by atoms with Gasteiger partial charge in [0.1, 0.15) is 17.5 Å². The van der Waals surface area contributed by atoms with E-state index in [0.717, 1.165) is 24.3 Å². The van der Waals surface area contributed by atoms with Crippen LogP contribution in [-0.4, -0.2) is 6.29 Å². The molecule has 0 spiro atoms. The smallest absolute Gasteiger partial charge is 0.153 e. The van der Waals surface area contributed by atoms with Gasteiger partial charge in [0.25, 0.3) is 0 Å². The molecule has 2 rings (SSSR count). The molecule has 4 heteroatoms. The molecule has 0 N–H and O–H groups in total. The maximum Gasteiger partial charge on any atom is 0.153 e. The third-order valence-electron chi connectivity index (χ3n) is 2.39. The van der Waals surface area contributed by atoms with E-state index in [1.807, 2.05) is 0 Å². The van der Waals surface area contributed by atoms with Crippen LogP contribution in [0.25, 0.3) is 11.1 Å². The highest BCUT2D eigenvalue weighted by atomic mass is 19.1. The Morgan fingerprint density at radius 2 is 1.65 bits per heavy atom. The number of halogens is 3. The molecular weight excluding hydrogens is 229 g/mol. The molecule has 0 unspecified atom stereocenters. The molecule has 86 valence electrons. The molecule has 0 saturated heterocycles. The van der Waals surface area contributed by atoms with Crippen molar-refractivity contribution in [3.63, 3.8) is 0 Å². The van der Waals surface area contributed by atoms with E-state index in [1.54, 1.807) is 0 Å². The summed E-state index contributed by atoms with van der Waals surface area (Å²) >= 11 is 0. The minimum absolute atomic E-state index is 0.0389. The first-order chi connectivity index (χ1) is 8.13. The maximum absolute atomic E-state index is 13.5. The Bertz CT molecular complexity index is 579. The molecule has 1 nitrogen and oxygen atoms in total. The molecule has 0 fully saturated rings.